The molecule has 6 rings (SSSR count). The van der Waals surface area contributed by atoms with Crippen molar-refractivity contribution >= 4 is 60.6 Å². The zero-order valence-corrected chi connectivity index (χ0v) is 25.2. The predicted molar refractivity (Wildman–Crippen MR) is 152 cm³/mol. The summed E-state index contributed by atoms with van der Waals surface area (Å²) >= 11 is 6.00. The van der Waals surface area contributed by atoms with Crippen LogP contribution < -0.4 is 21.9 Å². The number of fused-ring (bicyclic) bond motifs is 2. The fourth-order valence-corrected chi connectivity index (χ4v) is 7.20. The van der Waals surface area contributed by atoms with E-state index in [1.165, 1.54) is 6.33 Å². The van der Waals surface area contributed by atoms with Crippen LogP contribution in [0.4, 0.5) is 11.9 Å². The number of ether oxygens (including phenoxy) is 2. The fraction of sp³-hybridized carbons (Fsp3) is 0.545. The molecule has 0 spiro atoms. The number of nitrogens with one attached hydrogen (secondary N) is 1. The van der Waals surface area contributed by atoms with Crippen LogP contribution in [-0.4, -0.2) is 81.2 Å². The van der Waals surface area contributed by atoms with E-state index in [0.29, 0.717) is 29.8 Å². The Bertz CT molecular complexity index is 1770. The lowest BCUT2D eigenvalue weighted by molar-refractivity contribution is -0.204. The number of H-pyrrole nitrogens is 1. The molecule has 6 N–H and O–H groups in total. The van der Waals surface area contributed by atoms with E-state index in [0.717, 1.165) is 12.8 Å². The average molecular weight is 644 g/mol. The van der Waals surface area contributed by atoms with Gasteiger partial charge in [0.15, 0.2) is 29.6 Å². The number of imidazole rings is 2. The van der Waals surface area contributed by atoms with Gasteiger partial charge >= 0.3 is 0 Å². The van der Waals surface area contributed by atoms with E-state index in [9.17, 15) is 18.8 Å². The minimum absolute atomic E-state index is 0.00408. The molecule has 6 heterocycles. The summed E-state index contributed by atoms with van der Waals surface area (Å²) < 4.78 is 37.7. The molecule has 0 aromatic carbocycles. The maximum atomic E-state index is 12.1. The molecule has 5 atom stereocenters. The van der Waals surface area contributed by atoms with Gasteiger partial charge in [-0.05, 0) is 39.0 Å². The molecule has 228 valence electrons. The molecule has 2 saturated heterocycles. The van der Waals surface area contributed by atoms with Crippen molar-refractivity contribution in [3.05, 3.63) is 28.2 Å². The lowest BCUT2D eigenvalue weighted by Crippen LogP contribution is -2.21. The number of rotatable bonds is 6. The van der Waals surface area contributed by atoms with Crippen LogP contribution in [0.25, 0.3) is 22.3 Å². The molecule has 0 bridgehead atoms. The number of aromatic amines is 1. The molecular formula is C22H30ClN10O7P2-. The third kappa shape index (κ3) is 6.67. The quantitative estimate of drug-likeness (QED) is 0.168. The van der Waals surface area contributed by atoms with E-state index >= 15 is 0 Å². The first-order valence-electron chi connectivity index (χ1n) is 12.9. The number of halogens is 1. The van der Waals surface area contributed by atoms with Crippen molar-refractivity contribution in [1.29, 1.82) is 0 Å². The van der Waals surface area contributed by atoms with E-state index in [4.69, 9.17) is 37.4 Å². The standard InChI is InChI=1S/C12H17ClN5O2P.C10H14N5O5P/c1-21(2,19)8-4-3-7(20-8)5-18-6-15-9-10(13)16-12(14)17-11(9)18;11-10-13-8-7(9(16)14-10)12-4-15(8)3-5-1-2-6(20-5)21(17,18)19/h6-8H,3-5H2,1-2H3,(H2,14,16,17);4-6H,1-3H2,(H2,17,18,19)(H3,11,13,14,16)/p-1/t7-,8+;5-,6+/m11/s1. The average Bonchev–Trinajstić information content (AvgIpc) is 3.67. The van der Waals surface area contributed by atoms with Gasteiger partial charge < -0.3 is 49.0 Å². The van der Waals surface area contributed by atoms with Crippen molar-refractivity contribution in [2.75, 3.05) is 24.8 Å². The van der Waals surface area contributed by atoms with Crippen molar-refractivity contribution in [1.82, 2.24) is 39.0 Å². The van der Waals surface area contributed by atoms with E-state index in [2.05, 4.69) is 29.9 Å². The second-order valence-electron chi connectivity index (χ2n) is 10.5. The maximum Gasteiger partial charge on any atom is 0.280 e. The Morgan fingerprint density at radius 1 is 0.976 bits per heavy atom. The van der Waals surface area contributed by atoms with Crippen molar-refractivity contribution in [2.45, 2.75) is 62.7 Å². The largest absolute Gasteiger partial charge is 0.777 e. The third-order valence-electron chi connectivity index (χ3n) is 6.96. The van der Waals surface area contributed by atoms with E-state index in [-0.39, 0.29) is 47.5 Å². The van der Waals surface area contributed by atoms with Crippen molar-refractivity contribution < 1.29 is 28.4 Å². The highest BCUT2D eigenvalue weighted by atomic mass is 35.5. The highest BCUT2D eigenvalue weighted by Gasteiger charge is 2.34. The third-order valence-corrected chi connectivity index (χ3v) is 10.1. The van der Waals surface area contributed by atoms with Crippen molar-refractivity contribution in [3.8, 4) is 0 Å². The molecular weight excluding hydrogens is 614 g/mol. The van der Waals surface area contributed by atoms with Crippen LogP contribution in [0.3, 0.4) is 0 Å². The predicted octanol–water partition coefficient (Wildman–Crippen LogP) is 0.942. The fourth-order valence-electron chi connectivity index (χ4n) is 4.94. The monoisotopic (exact) mass is 643 g/mol. The number of hydrogen-bond acceptors (Lipinski definition) is 13. The van der Waals surface area contributed by atoms with Crippen LogP contribution in [0.1, 0.15) is 25.7 Å². The van der Waals surface area contributed by atoms with Crippen molar-refractivity contribution in [3.63, 3.8) is 0 Å². The summed E-state index contributed by atoms with van der Waals surface area (Å²) in [4.78, 5) is 54.2. The van der Waals surface area contributed by atoms with Gasteiger partial charge in [-0.15, -0.1) is 0 Å². The summed E-state index contributed by atoms with van der Waals surface area (Å²) in [6, 6.07) is 0. The second kappa shape index (κ2) is 11.6. The molecule has 2 aliphatic heterocycles. The van der Waals surface area contributed by atoms with Gasteiger partial charge in [-0.3, -0.25) is 9.78 Å². The summed E-state index contributed by atoms with van der Waals surface area (Å²) in [5.41, 5.74) is 12.2. The number of aromatic nitrogens is 8. The highest BCUT2D eigenvalue weighted by Crippen LogP contribution is 2.49. The second-order valence-corrected chi connectivity index (χ2v) is 16.0. The Morgan fingerprint density at radius 2 is 1.52 bits per heavy atom. The number of nitrogens with two attached hydrogens (primary N) is 2. The Morgan fingerprint density at radius 3 is 2.07 bits per heavy atom. The summed E-state index contributed by atoms with van der Waals surface area (Å²) in [5, 5.41) is 0.244. The van der Waals surface area contributed by atoms with Crippen molar-refractivity contribution in [2.24, 2.45) is 0 Å². The first-order chi connectivity index (χ1) is 19.7. The van der Waals surface area contributed by atoms with Gasteiger partial charge in [0.1, 0.15) is 24.3 Å². The summed E-state index contributed by atoms with van der Waals surface area (Å²) in [5.74, 6) is -1.25. The minimum atomic E-state index is -4.49. The number of hydrogen-bond donors (Lipinski definition) is 4. The summed E-state index contributed by atoms with van der Waals surface area (Å²) in [6.45, 7) is 4.38. The number of nitrogen functional groups attached to an aromatic ring is 2. The zero-order valence-electron chi connectivity index (χ0n) is 22.7. The van der Waals surface area contributed by atoms with Crippen LogP contribution in [-0.2, 0) is 31.7 Å². The Labute approximate surface area is 243 Å². The number of anilines is 2. The van der Waals surface area contributed by atoms with Gasteiger partial charge in [0.05, 0.1) is 38.0 Å². The minimum Gasteiger partial charge on any atom is -0.777 e. The van der Waals surface area contributed by atoms with Gasteiger partial charge in [-0.25, -0.2) is 9.97 Å². The van der Waals surface area contributed by atoms with E-state index < -0.39 is 32.2 Å². The lowest BCUT2D eigenvalue weighted by Gasteiger charge is -2.23. The lowest BCUT2D eigenvalue weighted by atomic mass is 10.2. The molecule has 20 heteroatoms. The van der Waals surface area contributed by atoms with Crippen LogP contribution in [0.15, 0.2) is 17.4 Å². The highest BCUT2D eigenvalue weighted by molar-refractivity contribution is 7.62. The molecule has 0 aliphatic carbocycles. The Kier molecular flexibility index (Phi) is 8.47. The van der Waals surface area contributed by atoms with E-state index in [1.807, 2.05) is 4.57 Å². The van der Waals surface area contributed by atoms with Gasteiger partial charge in [-0.2, -0.15) is 15.0 Å². The van der Waals surface area contributed by atoms with Crippen LogP contribution in [0, 0.1) is 0 Å². The van der Waals surface area contributed by atoms with E-state index in [1.54, 1.807) is 24.2 Å². The van der Waals surface area contributed by atoms with Gasteiger partial charge in [0, 0.05) is 0 Å². The molecule has 0 amide bonds. The summed E-state index contributed by atoms with van der Waals surface area (Å²) in [6.07, 6.45) is 5.03. The summed E-state index contributed by atoms with van der Waals surface area (Å²) in [7, 11) is -6.71. The molecule has 0 saturated carbocycles. The smallest absolute Gasteiger partial charge is 0.280 e. The molecule has 0 radical (unpaired) electrons. The first-order valence-corrected chi connectivity index (χ1v) is 17.6. The van der Waals surface area contributed by atoms with Crippen LogP contribution in [0.5, 0.6) is 0 Å². The molecule has 1 unspecified atom stereocenters. The Balaban J connectivity index is 0.000000168. The van der Waals surface area contributed by atoms with Crippen LogP contribution in [0.2, 0.25) is 5.15 Å². The first kappa shape index (κ1) is 30.5. The molecule has 2 aliphatic rings. The molecule has 4 aromatic heterocycles. The SMILES string of the molecule is CP(C)(=O)[C@H]1CC[C@H](Cn2cnc3c(Cl)nc(N)nc32)O1.Nc1nc2c(ncn2C[C@H]2CC[C@H](P(=O)([O-])O)O2)c(=O)[nH]1. The van der Waals surface area contributed by atoms with Gasteiger partial charge in [-0.1, -0.05) is 11.6 Å². The van der Waals surface area contributed by atoms with Crippen LogP contribution >= 0.6 is 26.3 Å². The molecule has 17 nitrogen and oxygen atoms in total. The topological polar surface area (TPSA) is 255 Å². The molecule has 2 fully saturated rings. The normalized spacial score (nSPS) is 24.1. The Hall–Kier alpha value is -2.91. The number of nitrogens with zero attached hydrogens (tertiary/aromatic N) is 7. The maximum absolute atomic E-state index is 12.1. The zero-order chi connectivity index (χ0) is 30.4. The van der Waals surface area contributed by atoms with Gasteiger partial charge in [0.2, 0.25) is 11.9 Å². The van der Waals surface area contributed by atoms with Gasteiger partial charge in [0.25, 0.3) is 5.56 Å². The molecule has 4 aromatic rings. The molecule has 42 heavy (non-hydrogen) atoms.